The van der Waals surface area contributed by atoms with Crippen LogP contribution in [-0.2, 0) is 20.8 Å². The third kappa shape index (κ3) is 6.81. The number of nitrogens with one attached hydrogen (secondary N) is 3. The molecule has 10 heteroatoms. The van der Waals surface area contributed by atoms with Crippen LogP contribution in [0, 0.1) is 5.92 Å². The Labute approximate surface area is 151 Å². The Balaban J connectivity index is 2.72. The van der Waals surface area contributed by atoms with Gasteiger partial charge in [-0.1, -0.05) is 13.8 Å². The van der Waals surface area contributed by atoms with Crippen molar-refractivity contribution < 1.29 is 24.6 Å². The number of H-pyrrole nitrogens is 1. The number of carboxylic acids is 1. The topological polar surface area (TPSA) is 170 Å². The van der Waals surface area contributed by atoms with Gasteiger partial charge in [0.05, 0.1) is 18.5 Å². The van der Waals surface area contributed by atoms with Crippen molar-refractivity contribution in [1.29, 1.82) is 0 Å². The molecule has 7 N–H and O–H groups in total. The van der Waals surface area contributed by atoms with Crippen LogP contribution in [0.25, 0.3) is 0 Å². The average Bonchev–Trinajstić information content (AvgIpc) is 3.03. The van der Waals surface area contributed by atoms with E-state index < -0.39 is 42.0 Å². The van der Waals surface area contributed by atoms with Gasteiger partial charge in [-0.15, -0.1) is 0 Å². The number of carboxylic acid groups (broad SMARTS) is 1. The molecule has 0 saturated carbocycles. The van der Waals surface area contributed by atoms with Crippen molar-refractivity contribution in [3.63, 3.8) is 0 Å². The van der Waals surface area contributed by atoms with E-state index in [2.05, 4.69) is 20.6 Å². The normalized spacial score (nSPS) is 15.8. The molecule has 4 atom stereocenters. The second kappa shape index (κ2) is 9.88. The maximum Gasteiger partial charge on any atom is 0.326 e. The highest BCUT2D eigenvalue weighted by Crippen LogP contribution is 2.06. The first-order valence-electron chi connectivity index (χ1n) is 8.36. The summed E-state index contributed by atoms with van der Waals surface area (Å²) in [6.07, 6.45) is 2.14. The van der Waals surface area contributed by atoms with Crippen LogP contribution >= 0.6 is 0 Å². The fraction of sp³-hybridized carbons (Fsp3) is 0.625. The lowest BCUT2D eigenvalue weighted by Crippen LogP contribution is -2.58. The summed E-state index contributed by atoms with van der Waals surface area (Å²) in [4.78, 5) is 42.5. The van der Waals surface area contributed by atoms with E-state index >= 15 is 0 Å². The lowest BCUT2D eigenvalue weighted by atomic mass is 10.0. The number of carbonyl (C=O) groups is 3. The number of rotatable bonds is 10. The van der Waals surface area contributed by atoms with E-state index in [1.54, 1.807) is 0 Å². The van der Waals surface area contributed by atoms with Crippen LogP contribution in [0.5, 0.6) is 0 Å². The Morgan fingerprint density at radius 2 is 1.88 bits per heavy atom. The maximum atomic E-state index is 12.3. The molecule has 0 radical (unpaired) electrons. The van der Waals surface area contributed by atoms with E-state index in [1.165, 1.54) is 19.4 Å². The number of nitrogens with two attached hydrogens (primary N) is 1. The number of aliphatic hydroxyl groups is 1. The molecule has 0 aliphatic heterocycles. The number of imidazole rings is 1. The molecule has 26 heavy (non-hydrogen) atoms. The summed E-state index contributed by atoms with van der Waals surface area (Å²) in [7, 11) is 0. The third-order valence-electron chi connectivity index (χ3n) is 3.72. The highest BCUT2D eigenvalue weighted by molar-refractivity contribution is 5.92. The summed E-state index contributed by atoms with van der Waals surface area (Å²) in [6, 6.07) is -3.39. The zero-order valence-corrected chi connectivity index (χ0v) is 15.1. The molecule has 0 aliphatic rings. The Kier molecular flexibility index (Phi) is 8.20. The van der Waals surface area contributed by atoms with Gasteiger partial charge < -0.3 is 31.6 Å². The minimum absolute atomic E-state index is 0.0406. The van der Waals surface area contributed by atoms with Crippen molar-refractivity contribution in [3.8, 4) is 0 Å². The first kappa shape index (κ1) is 21.6. The largest absolute Gasteiger partial charge is 0.480 e. The van der Waals surface area contributed by atoms with Gasteiger partial charge in [-0.3, -0.25) is 9.59 Å². The second-order valence-electron chi connectivity index (χ2n) is 6.64. The maximum absolute atomic E-state index is 12.3. The molecule has 0 bridgehead atoms. The molecule has 2 amide bonds. The Morgan fingerprint density at radius 3 is 2.35 bits per heavy atom. The monoisotopic (exact) mass is 369 g/mol. The van der Waals surface area contributed by atoms with E-state index in [4.69, 9.17) is 5.73 Å². The number of amides is 2. The number of carbonyl (C=O) groups excluding carboxylic acids is 2. The smallest absolute Gasteiger partial charge is 0.326 e. The van der Waals surface area contributed by atoms with Crippen LogP contribution in [0.4, 0.5) is 0 Å². The van der Waals surface area contributed by atoms with Gasteiger partial charge in [0, 0.05) is 18.3 Å². The number of aromatic amines is 1. The van der Waals surface area contributed by atoms with E-state index in [0.717, 1.165) is 0 Å². The van der Waals surface area contributed by atoms with E-state index in [1.807, 2.05) is 13.8 Å². The molecule has 0 aromatic carbocycles. The van der Waals surface area contributed by atoms with Crippen molar-refractivity contribution in [3.05, 3.63) is 18.2 Å². The fourth-order valence-electron chi connectivity index (χ4n) is 2.35. The molecule has 1 heterocycles. The van der Waals surface area contributed by atoms with Gasteiger partial charge in [0.1, 0.15) is 12.1 Å². The van der Waals surface area contributed by atoms with Gasteiger partial charge >= 0.3 is 5.97 Å². The van der Waals surface area contributed by atoms with Gasteiger partial charge in [-0.25, -0.2) is 9.78 Å². The first-order chi connectivity index (χ1) is 12.1. The molecular formula is C16H27N5O5. The standard InChI is InChI=1S/C16H27N5O5/c1-8(2)4-12(16(25)26)20-15(24)13(9(3)22)21-14(23)11(17)5-10-6-18-7-19-10/h6-9,11-13,22H,4-5,17H2,1-3H3,(H,18,19)(H,20,24)(H,21,23)(H,25,26)/t9-,11+,12+,13+/m1/s1. The van der Waals surface area contributed by atoms with Crippen LogP contribution in [0.15, 0.2) is 12.5 Å². The molecule has 10 nitrogen and oxygen atoms in total. The van der Waals surface area contributed by atoms with Crippen molar-refractivity contribution in [2.45, 2.75) is 57.8 Å². The predicted molar refractivity (Wildman–Crippen MR) is 92.9 cm³/mol. The molecule has 1 rings (SSSR count). The van der Waals surface area contributed by atoms with Gasteiger partial charge in [0.2, 0.25) is 11.8 Å². The second-order valence-corrected chi connectivity index (χ2v) is 6.64. The van der Waals surface area contributed by atoms with Crippen LogP contribution in [0.1, 0.15) is 32.9 Å². The summed E-state index contributed by atoms with van der Waals surface area (Å²) in [5, 5.41) is 23.8. The van der Waals surface area contributed by atoms with E-state index in [9.17, 15) is 24.6 Å². The first-order valence-corrected chi connectivity index (χ1v) is 8.36. The zero-order valence-electron chi connectivity index (χ0n) is 15.1. The molecule has 146 valence electrons. The summed E-state index contributed by atoms with van der Waals surface area (Å²) < 4.78 is 0. The quantitative estimate of drug-likeness (QED) is 0.299. The van der Waals surface area contributed by atoms with Crippen molar-refractivity contribution in [2.24, 2.45) is 11.7 Å². The number of aliphatic hydroxyl groups excluding tert-OH is 1. The lowest BCUT2D eigenvalue weighted by Gasteiger charge is -2.25. The highest BCUT2D eigenvalue weighted by Gasteiger charge is 2.31. The number of hydrogen-bond acceptors (Lipinski definition) is 6. The predicted octanol–water partition coefficient (Wildman–Crippen LogP) is -1.24. The minimum atomic E-state index is -1.32. The number of hydrogen-bond donors (Lipinski definition) is 6. The molecule has 0 aliphatic carbocycles. The number of aliphatic carboxylic acids is 1. The molecule has 0 unspecified atom stereocenters. The summed E-state index contributed by atoms with van der Waals surface area (Å²) >= 11 is 0. The third-order valence-corrected chi connectivity index (χ3v) is 3.72. The molecule has 0 fully saturated rings. The zero-order chi connectivity index (χ0) is 19.9. The van der Waals surface area contributed by atoms with Gasteiger partial charge in [-0.2, -0.15) is 0 Å². The van der Waals surface area contributed by atoms with Crippen LogP contribution in [-0.4, -0.2) is 62.2 Å². The van der Waals surface area contributed by atoms with Gasteiger partial charge in [-0.05, 0) is 19.3 Å². The van der Waals surface area contributed by atoms with E-state index in [-0.39, 0.29) is 18.8 Å². The number of aromatic nitrogens is 2. The molecule has 1 aromatic rings. The van der Waals surface area contributed by atoms with Crippen molar-refractivity contribution >= 4 is 17.8 Å². The van der Waals surface area contributed by atoms with Crippen LogP contribution < -0.4 is 16.4 Å². The van der Waals surface area contributed by atoms with Crippen molar-refractivity contribution in [1.82, 2.24) is 20.6 Å². The Hall–Kier alpha value is -2.46. The Morgan fingerprint density at radius 1 is 1.23 bits per heavy atom. The Bertz CT molecular complexity index is 602. The lowest BCUT2D eigenvalue weighted by molar-refractivity contribution is -0.143. The average molecular weight is 369 g/mol. The minimum Gasteiger partial charge on any atom is -0.480 e. The SMILES string of the molecule is CC(C)C[C@H](NC(=O)[C@@H](NC(=O)[C@@H](N)Cc1cnc[nH]1)[C@@H](C)O)C(=O)O. The van der Waals surface area contributed by atoms with E-state index in [0.29, 0.717) is 5.69 Å². The number of nitrogens with zero attached hydrogens (tertiary/aromatic N) is 1. The van der Waals surface area contributed by atoms with Crippen molar-refractivity contribution in [2.75, 3.05) is 0 Å². The van der Waals surface area contributed by atoms with Gasteiger partial charge in [0.15, 0.2) is 0 Å². The fourth-order valence-corrected chi connectivity index (χ4v) is 2.35. The summed E-state index contributed by atoms with van der Waals surface area (Å²) in [6.45, 7) is 4.97. The summed E-state index contributed by atoms with van der Waals surface area (Å²) in [5.74, 6) is -2.57. The molecular weight excluding hydrogens is 342 g/mol. The van der Waals surface area contributed by atoms with Crippen LogP contribution in [0.2, 0.25) is 0 Å². The molecule has 0 spiro atoms. The van der Waals surface area contributed by atoms with Gasteiger partial charge in [0.25, 0.3) is 0 Å². The highest BCUT2D eigenvalue weighted by atomic mass is 16.4. The van der Waals surface area contributed by atoms with Crippen LogP contribution in [0.3, 0.4) is 0 Å². The summed E-state index contributed by atoms with van der Waals surface area (Å²) in [5.41, 5.74) is 6.45. The molecule has 0 saturated heterocycles. The molecule has 1 aromatic heterocycles.